The molecule has 0 spiro atoms. The highest BCUT2D eigenvalue weighted by Gasteiger charge is 2.16. The van der Waals surface area contributed by atoms with Crippen molar-refractivity contribution >= 4 is 51.3 Å². The second kappa shape index (κ2) is 7.66. The zero-order chi connectivity index (χ0) is 18.8. The Morgan fingerprint density at radius 2 is 1.88 bits per heavy atom. The summed E-state index contributed by atoms with van der Waals surface area (Å²) in [7, 11) is 0. The highest BCUT2D eigenvalue weighted by atomic mass is 35.5. The van der Waals surface area contributed by atoms with Gasteiger partial charge in [-0.05, 0) is 49.2 Å². The number of aromatic nitrogens is 1. The van der Waals surface area contributed by atoms with Crippen LogP contribution in [0.1, 0.15) is 16.0 Å². The summed E-state index contributed by atoms with van der Waals surface area (Å²) in [5.41, 5.74) is 4.64. The highest BCUT2D eigenvalue weighted by Crippen LogP contribution is 2.35. The zero-order valence-corrected chi connectivity index (χ0v) is 16.5. The molecule has 0 aliphatic carbocycles. The number of carboxylic acid groups (broad SMARTS) is 1. The Hall–Kier alpha value is -2.08. The molecule has 0 radical (unpaired) electrons. The van der Waals surface area contributed by atoms with E-state index < -0.39 is 5.97 Å². The van der Waals surface area contributed by atoms with Gasteiger partial charge in [-0.1, -0.05) is 35.3 Å². The molecular weight excluding hydrogens is 391 g/mol. The van der Waals surface area contributed by atoms with Crippen LogP contribution in [-0.4, -0.2) is 16.1 Å². The minimum Gasteiger partial charge on any atom is -0.481 e. The van der Waals surface area contributed by atoms with Crippen LogP contribution in [0.15, 0.2) is 36.4 Å². The molecule has 3 rings (SSSR count). The Kier molecular flexibility index (Phi) is 5.51. The number of halogens is 2. The van der Waals surface area contributed by atoms with Crippen LogP contribution >= 0.6 is 34.5 Å². The number of carboxylic acids is 1. The van der Waals surface area contributed by atoms with Gasteiger partial charge in [-0.3, -0.25) is 4.79 Å². The first-order valence-corrected chi connectivity index (χ1v) is 9.42. The van der Waals surface area contributed by atoms with Gasteiger partial charge in [0, 0.05) is 16.1 Å². The van der Waals surface area contributed by atoms with E-state index in [1.54, 1.807) is 18.2 Å². The number of benzene rings is 2. The maximum Gasteiger partial charge on any atom is 0.308 e. The van der Waals surface area contributed by atoms with Gasteiger partial charge in [0.1, 0.15) is 0 Å². The Balaban J connectivity index is 1.99. The zero-order valence-electron chi connectivity index (χ0n) is 14.1. The van der Waals surface area contributed by atoms with Gasteiger partial charge in [0.25, 0.3) is 0 Å². The normalized spacial score (nSPS) is 10.8. The van der Waals surface area contributed by atoms with E-state index in [4.69, 9.17) is 23.2 Å². The first-order chi connectivity index (χ1) is 12.3. The number of aliphatic carboxylic acids is 1. The quantitative estimate of drug-likeness (QED) is 0.536. The van der Waals surface area contributed by atoms with Crippen LogP contribution in [0.5, 0.6) is 0 Å². The average molecular weight is 407 g/mol. The van der Waals surface area contributed by atoms with Crippen molar-refractivity contribution in [3.05, 3.63) is 62.4 Å². The van der Waals surface area contributed by atoms with Gasteiger partial charge in [-0.2, -0.15) is 0 Å². The summed E-state index contributed by atoms with van der Waals surface area (Å²) < 4.78 is 0. The summed E-state index contributed by atoms with van der Waals surface area (Å²) in [4.78, 5) is 16.6. The van der Waals surface area contributed by atoms with Crippen LogP contribution in [0.4, 0.5) is 10.8 Å². The molecule has 4 nitrogen and oxygen atoms in total. The van der Waals surface area contributed by atoms with E-state index >= 15 is 0 Å². The Labute approximate surface area is 165 Å². The Bertz CT molecular complexity index is 986. The first-order valence-electron chi connectivity index (χ1n) is 7.84. The Morgan fingerprint density at radius 1 is 1.12 bits per heavy atom. The van der Waals surface area contributed by atoms with Crippen molar-refractivity contribution < 1.29 is 9.90 Å². The largest absolute Gasteiger partial charge is 0.481 e. The smallest absolute Gasteiger partial charge is 0.308 e. The van der Waals surface area contributed by atoms with Crippen LogP contribution in [0.3, 0.4) is 0 Å². The average Bonchev–Trinajstić information content (AvgIpc) is 2.95. The van der Waals surface area contributed by atoms with E-state index in [9.17, 15) is 9.90 Å². The van der Waals surface area contributed by atoms with Gasteiger partial charge in [-0.15, -0.1) is 11.3 Å². The predicted octanol–water partition coefficient (Wildman–Crippen LogP) is 6.10. The molecule has 0 aliphatic heterocycles. The molecule has 2 N–H and O–H groups in total. The molecule has 134 valence electrons. The summed E-state index contributed by atoms with van der Waals surface area (Å²) in [5, 5.41) is 13.9. The Morgan fingerprint density at radius 3 is 2.54 bits per heavy atom. The minimum absolute atomic E-state index is 0.0804. The van der Waals surface area contributed by atoms with E-state index in [0.29, 0.717) is 25.7 Å². The molecule has 0 fully saturated rings. The van der Waals surface area contributed by atoms with E-state index in [1.807, 2.05) is 32.0 Å². The van der Waals surface area contributed by atoms with Crippen LogP contribution in [0.2, 0.25) is 10.0 Å². The summed E-state index contributed by atoms with van der Waals surface area (Å²) in [6.45, 7) is 4.06. The lowest BCUT2D eigenvalue weighted by Gasteiger charge is -2.05. The molecule has 0 amide bonds. The molecule has 2 aromatic carbocycles. The molecule has 0 atom stereocenters. The molecule has 0 saturated heterocycles. The highest BCUT2D eigenvalue weighted by molar-refractivity contribution is 7.16. The number of thiazole rings is 1. The van der Waals surface area contributed by atoms with Crippen molar-refractivity contribution in [3.8, 4) is 11.3 Å². The predicted molar refractivity (Wildman–Crippen MR) is 108 cm³/mol. The maximum atomic E-state index is 11.2. The first kappa shape index (κ1) is 18.7. The van der Waals surface area contributed by atoms with Gasteiger partial charge in [-0.25, -0.2) is 4.98 Å². The number of hydrogen-bond acceptors (Lipinski definition) is 4. The van der Waals surface area contributed by atoms with Crippen LogP contribution in [0, 0.1) is 13.8 Å². The van der Waals surface area contributed by atoms with E-state index in [1.165, 1.54) is 16.9 Å². The third-order valence-electron chi connectivity index (χ3n) is 3.96. The van der Waals surface area contributed by atoms with Crippen molar-refractivity contribution in [2.24, 2.45) is 0 Å². The molecule has 0 aliphatic rings. The van der Waals surface area contributed by atoms with Crippen molar-refractivity contribution in [2.45, 2.75) is 20.3 Å². The number of hydrogen-bond donors (Lipinski definition) is 2. The monoisotopic (exact) mass is 406 g/mol. The number of aryl methyl sites for hydroxylation is 2. The standard InChI is InChI=1S/C19H16Cl2N2O2S/c1-10-3-4-12(7-11(10)2)18-16(9-17(24)25)26-19(23-18)22-13-5-6-14(20)15(21)8-13/h3-8H,9H2,1-2H3,(H,22,23)(H,24,25). The SMILES string of the molecule is Cc1ccc(-c2nc(Nc3ccc(Cl)c(Cl)c3)sc2CC(=O)O)cc1C. The number of rotatable bonds is 5. The second-order valence-corrected chi connectivity index (χ2v) is 7.81. The number of nitrogens with zero attached hydrogens (tertiary/aromatic N) is 1. The van der Waals surface area contributed by atoms with Gasteiger partial charge >= 0.3 is 5.97 Å². The second-order valence-electron chi connectivity index (χ2n) is 5.91. The molecule has 0 bridgehead atoms. The third kappa shape index (κ3) is 4.18. The van der Waals surface area contributed by atoms with Crippen LogP contribution in [0.25, 0.3) is 11.3 Å². The maximum absolute atomic E-state index is 11.2. The fourth-order valence-electron chi connectivity index (χ4n) is 2.47. The fourth-order valence-corrected chi connectivity index (χ4v) is 3.77. The van der Waals surface area contributed by atoms with Crippen LogP contribution < -0.4 is 5.32 Å². The molecule has 0 unspecified atom stereocenters. The molecular formula is C19H16Cl2N2O2S. The summed E-state index contributed by atoms with van der Waals surface area (Å²) >= 11 is 13.3. The van der Waals surface area contributed by atoms with Crippen molar-refractivity contribution in [2.75, 3.05) is 5.32 Å². The summed E-state index contributed by atoms with van der Waals surface area (Å²) in [6.07, 6.45) is -0.0804. The topological polar surface area (TPSA) is 62.2 Å². The lowest BCUT2D eigenvalue weighted by molar-refractivity contribution is -0.136. The number of carbonyl (C=O) groups is 1. The molecule has 3 aromatic rings. The lowest BCUT2D eigenvalue weighted by Crippen LogP contribution is -1.99. The molecule has 0 saturated carbocycles. The molecule has 26 heavy (non-hydrogen) atoms. The molecule has 1 heterocycles. The van der Waals surface area contributed by atoms with E-state index in [-0.39, 0.29) is 6.42 Å². The summed E-state index contributed by atoms with van der Waals surface area (Å²) in [5.74, 6) is -0.889. The number of anilines is 2. The number of nitrogens with one attached hydrogen (secondary N) is 1. The lowest BCUT2D eigenvalue weighted by atomic mass is 10.0. The molecule has 1 aromatic heterocycles. The van der Waals surface area contributed by atoms with Gasteiger partial charge < -0.3 is 10.4 Å². The van der Waals surface area contributed by atoms with E-state index in [0.717, 1.165) is 16.8 Å². The van der Waals surface area contributed by atoms with Crippen molar-refractivity contribution in [3.63, 3.8) is 0 Å². The van der Waals surface area contributed by atoms with Gasteiger partial charge in [0.15, 0.2) is 5.13 Å². The van der Waals surface area contributed by atoms with Gasteiger partial charge in [0.05, 0.1) is 22.2 Å². The van der Waals surface area contributed by atoms with Gasteiger partial charge in [0.2, 0.25) is 0 Å². The third-order valence-corrected chi connectivity index (χ3v) is 5.67. The van der Waals surface area contributed by atoms with Crippen LogP contribution in [-0.2, 0) is 11.2 Å². The fraction of sp³-hybridized carbons (Fsp3) is 0.158. The van der Waals surface area contributed by atoms with Crippen molar-refractivity contribution in [1.29, 1.82) is 0 Å². The van der Waals surface area contributed by atoms with E-state index in [2.05, 4.69) is 10.3 Å². The minimum atomic E-state index is -0.889. The van der Waals surface area contributed by atoms with Crippen molar-refractivity contribution in [1.82, 2.24) is 4.98 Å². The molecule has 7 heteroatoms. The summed E-state index contributed by atoms with van der Waals surface area (Å²) in [6, 6.07) is 11.2.